The van der Waals surface area contributed by atoms with Crippen molar-refractivity contribution in [2.24, 2.45) is 0 Å². The van der Waals surface area contributed by atoms with Crippen LogP contribution in [0, 0.1) is 0 Å². The molecular formula is C29H30O4. The first kappa shape index (κ1) is 22.8. The molecule has 33 heavy (non-hydrogen) atoms. The number of Topliss-reactive ketones (excluding diaryl/α,β-unsaturated/α-hetero) is 1. The van der Waals surface area contributed by atoms with E-state index in [9.17, 15) is 9.59 Å². The number of ketones is 1. The first-order valence-corrected chi connectivity index (χ1v) is 11.5. The topological polar surface area (TPSA) is 52.6 Å². The van der Waals surface area contributed by atoms with Crippen LogP contribution in [-0.4, -0.2) is 18.0 Å². The Bertz CT molecular complexity index is 1160. The van der Waals surface area contributed by atoms with E-state index < -0.39 is 11.6 Å². The highest BCUT2D eigenvalue weighted by atomic mass is 16.7. The average molecular weight is 443 g/mol. The second-order valence-electron chi connectivity index (χ2n) is 9.27. The average Bonchev–Trinajstić information content (AvgIpc) is 3.02. The van der Waals surface area contributed by atoms with Gasteiger partial charge >= 0.3 is 6.16 Å². The van der Waals surface area contributed by atoms with E-state index in [2.05, 4.69) is 45.0 Å². The Hall–Kier alpha value is -3.40. The molecule has 0 aliphatic heterocycles. The number of rotatable bonds is 5. The summed E-state index contributed by atoms with van der Waals surface area (Å²) in [5, 5.41) is 0. The van der Waals surface area contributed by atoms with Crippen LogP contribution in [0.2, 0.25) is 0 Å². The molecule has 4 heteroatoms. The van der Waals surface area contributed by atoms with Crippen LogP contribution in [0.1, 0.15) is 79.1 Å². The molecule has 0 heterocycles. The molecule has 0 fully saturated rings. The molecule has 2 atom stereocenters. The van der Waals surface area contributed by atoms with Crippen molar-refractivity contribution in [3.05, 3.63) is 101 Å². The van der Waals surface area contributed by atoms with E-state index in [-0.39, 0.29) is 17.8 Å². The number of carbonyl (C=O) groups excluding carboxylic acids is 2. The van der Waals surface area contributed by atoms with E-state index in [4.69, 9.17) is 9.47 Å². The van der Waals surface area contributed by atoms with Gasteiger partial charge in [-0.1, -0.05) is 81.4 Å². The van der Waals surface area contributed by atoms with Gasteiger partial charge in [-0.15, -0.1) is 0 Å². The van der Waals surface area contributed by atoms with Crippen LogP contribution in [0.5, 0.6) is 5.75 Å². The standard InChI is InChI=1S/C29H30O4/c1-18(2)21-10-12-22(13-11-21)29(20(5)25-8-6-7-9-26(25)27(29)30)23-14-16-24(17-15-23)33-28(31)32-19(3)4/h6-20H,1-5H3. The Balaban J connectivity index is 1.80. The molecule has 0 N–H and O–H groups in total. The van der Waals surface area contributed by atoms with Crippen LogP contribution in [0.25, 0.3) is 0 Å². The zero-order valence-electron chi connectivity index (χ0n) is 19.8. The fourth-order valence-corrected chi connectivity index (χ4v) is 4.88. The fourth-order valence-electron chi connectivity index (χ4n) is 4.88. The Kier molecular flexibility index (Phi) is 6.11. The maximum atomic E-state index is 14.0. The van der Waals surface area contributed by atoms with Crippen molar-refractivity contribution in [1.82, 2.24) is 0 Å². The molecule has 0 aromatic heterocycles. The van der Waals surface area contributed by atoms with Crippen LogP contribution in [-0.2, 0) is 10.2 Å². The zero-order valence-corrected chi connectivity index (χ0v) is 19.8. The predicted octanol–water partition coefficient (Wildman–Crippen LogP) is 7.02. The van der Waals surface area contributed by atoms with Crippen molar-refractivity contribution >= 4 is 11.9 Å². The zero-order chi connectivity index (χ0) is 23.8. The van der Waals surface area contributed by atoms with Gasteiger partial charge in [0, 0.05) is 11.5 Å². The normalized spacial score (nSPS) is 19.6. The molecular weight excluding hydrogens is 412 g/mol. The van der Waals surface area contributed by atoms with Crippen LogP contribution < -0.4 is 4.74 Å². The summed E-state index contributed by atoms with van der Waals surface area (Å²) in [5.41, 5.74) is 4.04. The number of benzene rings is 3. The maximum absolute atomic E-state index is 14.0. The van der Waals surface area contributed by atoms with Crippen molar-refractivity contribution in [2.45, 2.75) is 58.0 Å². The minimum atomic E-state index is -0.851. The molecule has 170 valence electrons. The van der Waals surface area contributed by atoms with Crippen molar-refractivity contribution in [1.29, 1.82) is 0 Å². The van der Waals surface area contributed by atoms with E-state index >= 15 is 0 Å². The molecule has 0 radical (unpaired) electrons. The molecule has 3 aromatic carbocycles. The van der Waals surface area contributed by atoms with Crippen LogP contribution >= 0.6 is 0 Å². The molecule has 0 spiro atoms. The predicted molar refractivity (Wildman–Crippen MR) is 129 cm³/mol. The summed E-state index contributed by atoms with van der Waals surface area (Å²) in [4.78, 5) is 25.9. The van der Waals surface area contributed by atoms with Gasteiger partial charge in [-0.2, -0.15) is 0 Å². The third kappa shape index (κ3) is 3.95. The largest absolute Gasteiger partial charge is 0.514 e. The molecule has 4 nitrogen and oxygen atoms in total. The summed E-state index contributed by atoms with van der Waals surface area (Å²) >= 11 is 0. The molecule has 4 rings (SSSR count). The summed E-state index contributed by atoms with van der Waals surface area (Å²) in [5.74, 6) is 0.829. The lowest BCUT2D eigenvalue weighted by Crippen LogP contribution is -2.37. The smallest absolute Gasteiger partial charge is 0.431 e. The lowest BCUT2D eigenvalue weighted by molar-refractivity contribution is 0.0728. The van der Waals surface area contributed by atoms with Crippen LogP contribution in [0.4, 0.5) is 4.79 Å². The van der Waals surface area contributed by atoms with E-state index in [1.807, 2.05) is 36.4 Å². The molecule has 0 amide bonds. The SMILES string of the molecule is CC(C)OC(=O)Oc1ccc(C2(c3ccc(C(C)C)cc3)C(=O)c3ccccc3C2C)cc1. The Morgan fingerprint density at radius 2 is 1.42 bits per heavy atom. The number of fused-ring (bicyclic) bond motifs is 1. The minimum Gasteiger partial charge on any atom is -0.431 e. The molecule has 0 saturated carbocycles. The quantitative estimate of drug-likeness (QED) is 0.315. The van der Waals surface area contributed by atoms with Crippen molar-refractivity contribution in [3.8, 4) is 5.75 Å². The third-order valence-electron chi connectivity index (χ3n) is 6.56. The fraction of sp³-hybridized carbons (Fsp3) is 0.310. The minimum absolute atomic E-state index is 0.0521. The Morgan fingerprint density at radius 1 is 0.848 bits per heavy atom. The summed E-state index contributed by atoms with van der Waals surface area (Å²) in [6, 6.07) is 23.5. The number of ether oxygens (including phenoxy) is 2. The lowest BCUT2D eigenvalue weighted by Gasteiger charge is -2.34. The number of hydrogen-bond acceptors (Lipinski definition) is 4. The molecule has 1 aliphatic carbocycles. The van der Waals surface area contributed by atoms with Crippen molar-refractivity contribution in [2.75, 3.05) is 0 Å². The Morgan fingerprint density at radius 3 is 1.97 bits per heavy atom. The monoisotopic (exact) mass is 442 g/mol. The number of hydrogen-bond donors (Lipinski definition) is 0. The van der Waals surface area contributed by atoms with Gasteiger partial charge in [-0.25, -0.2) is 4.79 Å². The molecule has 3 aromatic rings. The molecule has 0 saturated heterocycles. The highest BCUT2D eigenvalue weighted by Crippen LogP contribution is 2.53. The first-order chi connectivity index (χ1) is 15.7. The molecule has 1 aliphatic rings. The lowest BCUT2D eigenvalue weighted by atomic mass is 9.66. The van der Waals surface area contributed by atoms with E-state index in [1.165, 1.54) is 5.56 Å². The molecule has 0 bridgehead atoms. The van der Waals surface area contributed by atoms with Gasteiger partial charge in [0.2, 0.25) is 0 Å². The Labute approximate surface area is 195 Å². The highest BCUT2D eigenvalue weighted by Gasteiger charge is 2.53. The number of carbonyl (C=O) groups is 2. The summed E-state index contributed by atoms with van der Waals surface area (Å²) < 4.78 is 10.4. The first-order valence-electron chi connectivity index (χ1n) is 11.5. The second-order valence-corrected chi connectivity index (χ2v) is 9.27. The van der Waals surface area contributed by atoms with Gasteiger partial charge in [0.05, 0.1) is 11.5 Å². The van der Waals surface area contributed by atoms with Gasteiger partial charge in [-0.05, 0) is 54.2 Å². The van der Waals surface area contributed by atoms with Crippen LogP contribution in [0.3, 0.4) is 0 Å². The van der Waals surface area contributed by atoms with Gasteiger partial charge in [-0.3, -0.25) is 4.79 Å². The second kappa shape index (κ2) is 8.86. The van der Waals surface area contributed by atoms with Gasteiger partial charge in [0.15, 0.2) is 5.78 Å². The van der Waals surface area contributed by atoms with E-state index in [1.54, 1.807) is 26.0 Å². The summed E-state index contributed by atoms with van der Waals surface area (Å²) in [7, 11) is 0. The highest BCUT2D eigenvalue weighted by molar-refractivity contribution is 6.11. The van der Waals surface area contributed by atoms with Crippen molar-refractivity contribution in [3.63, 3.8) is 0 Å². The van der Waals surface area contributed by atoms with Gasteiger partial charge in [0.1, 0.15) is 5.75 Å². The molecule has 2 unspecified atom stereocenters. The van der Waals surface area contributed by atoms with Crippen molar-refractivity contribution < 1.29 is 19.1 Å². The maximum Gasteiger partial charge on any atom is 0.514 e. The van der Waals surface area contributed by atoms with Gasteiger partial charge < -0.3 is 9.47 Å². The van der Waals surface area contributed by atoms with Crippen LogP contribution in [0.15, 0.2) is 72.8 Å². The van der Waals surface area contributed by atoms with E-state index in [0.29, 0.717) is 11.7 Å². The summed E-state index contributed by atoms with van der Waals surface area (Å²) in [6.07, 6.45) is -1.00. The van der Waals surface area contributed by atoms with E-state index in [0.717, 1.165) is 22.3 Å². The third-order valence-corrected chi connectivity index (χ3v) is 6.56. The van der Waals surface area contributed by atoms with Gasteiger partial charge in [0.25, 0.3) is 0 Å². The summed E-state index contributed by atoms with van der Waals surface area (Å²) in [6.45, 7) is 9.97.